The molecule has 2 aromatic heterocycles. The Bertz CT molecular complexity index is 1130. The van der Waals surface area contributed by atoms with Gasteiger partial charge in [-0.1, -0.05) is 23.2 Å². The highest BCUT2D eigenvalue weighted by Gasteiger charge is 2.13. The molecule has 0 atom stereocenters. The maximum absolute atomic E-state index is 12.3. The maximum atomic E-state index is 12.3. The molecule has 128 valence electrons. The van der Waals surface area contributed by atoms with E-state index in [0.29, 0.717) is 16.3 Å². The van der Waals surface area contributed by atoms with Gasteiger partial charge in [-0.15, -0.1) is 0 Å². The van der Waals surface area contributed by atoms with Gasteiger partial charge in [0.05, 0.1) is 27.3 Å². The van der Waals surface area contributed by atoms with Crippen LogP contribution in [0.25, 0.3) is 11.0 Å². The molecule has 0 spiro atoms. The predicted octanol–water partition coefficient (Wildman–Crippen LogP) is 2.19. The van der Waals surface area contributed by atoms with Crippen LogP contribution in [0.5, 0.6) is 0 Å². The lowest BCUT2D eigenvalue weighted by Gasteiger charge is -2.09. The molecule has 1 amide bonds. The van der Waals surface area contributed by atoms with Crippen LogP contribution < -0.4 is 16.6 Å². The third-order valence-corrected chi connectivity index (χ3v) is 4.47. The second-order valence-electron chi connectivity index (χ2n) is 5.38. The Morgan fingerprint density at radius 2 is 1.80 bits per heavy atom. The van der Waals surface area contributed by atoms with Gasteiger partial charge >= 0.3 is 5.69 Å². The van der Waals surface area contributed by atoms with Gasteiger partial charge in [-0.3, -0.25) is 18.7 Å². The number of anilines is 1. The number of carbonyl (C=O) groups is 1. The Labute approximate surface area is 151 Å². The van der Waals surface area contributed by atoms with Crippen LogP contribution in [0.1, 0.15) is 10.4 Å². The summed E-state index contributed by atoms with van der Waals surface area (Å²) in [6.07, 6.45) is 1.37. The smallest absolute Gasteiger partial charge is 0.321 e. The Hall–Kier alpha value is -2.64. The first-order valence-corrected chi connectivity index (χ1v) is 7.87. The van der Waals surface area contributed by atoms with Gasteiger partial charge in [-0.25, -0.2) is 9.78 Å². The fourth-order valence-electron chi connectivity index (χ4n) is 2.37. The number of aromatic nitrogens is 3. The topological polar surface area (TPSA) is 86.0 Å². The van der Waals surface area contributed by atoms with Gasteiger partial charge in [0.2, 0.25) is 0 Å². The summed E-state index contributed by atoms with van der Waals surface area (Å²) < 4.78 is 2.25. The molecule has 1 N–H and O–H groups in total. The number of pyridine rings is 1. The number of aryl methyl sites for hydroxylation is 1. The summed E-state index contributed by atoms with van der Waals surface area (Å²) in [6, 6.07) is 5.96. The summed E-state index contributed by atoms with van der Waals surface area (Å²) in [4.78, 5) is 40.6. The number of rotatable bonds is 2. The number of halogens is 2. The van der Waals surface area contributed by atoms with Crippen molar-refractivity contribution >= 4 is 45.8 Å². The van der Waals surface area contributed by atoms with Crippen LogP contribution in [0.3, 0.4) is 0 Å². The van der Waals surface area contributed by atoms with Crippen LogP contribution >= 0.6 is 23.2 Å². The monoisotopic (exact) mass is 378 g/mol. The number of carbonyl (C=O) groups excluding carboxylic acids is 1. The maximum Gasteiger partial charge on any atom is 0.332 e. The molecule has 0 saturated heterocycles. The van der Waals surface area contributed by atoms with Gasteiger partial charge in [0.1, 0.15) is 5.65 Å². The fraction of sp³-hybridized carbons (Fsp3) is 0.125. The number of nitrogens with zero attached hydrogens (tertiary/aromatic N) is 3. The molecule has 25 heavy (non-hydrogen) atoms. The summed E-state index contributed by atoms with van der Waals surface area (Å²) in [5, 5.41) is 3.46. The van der Waals surface area contributed by atoms with Crippen molar-refractivity contribution in [3.63, 3.8) is 0 Å². The van der Waals surface area contributed by atoms with E-state index in [2.05, 4.69) is 10.3 Å². The average Bonchev–Trinajstić information content (AvgIpc) is 2.60. The van der Waals surface area contributed by atoms with E-state index < -0.39 is 17.2 Å². The summed E-state index contributed by atoms with van der Waals surface area (Å²) >= 11 is 11.7. The molecule has 0 aliphatic heterocycles. The Morgan fingerprint density at radius 3 is 2.48 bits per heavy atom. The van der Waals surface area contributed by atoms with E-state index in [-0.39, 0.29) is 16.1 Å². The van der Waals surface area contributed by atoms with Gasteiger partial charge in [0, 0.05) is 19.7 Å². The zero-order valence-corrected chi connectivity index (χ0v) is 14.7. The van der Waals surface area contributed by atoms with E-state index in [9.17, 15) is 14.4 Å². The van der Waals surface area contributed by atoms with Crippen molar-refractivity contribution in [3.8, 4) is 0 Å². The molecule has 0 aliphatic rings. The number of fused-ring (bicyclic) bond motifs is 1. The van der Waals surface area contributed by atoms with Crippen molar-refractivity contribution in [1.82, 2.24) is 14.1 Å². The predicted molar refractivity (Wildman–Crippen MR) is 96.6 cm³/mol. The number of nitrogens with one attached hydrogen (secondary N) is 1. The first-order valence-electron chi connectivity index (χ1n) is 7.12. The van der Waals surface area contributed by atoms with Crippen molar-refractivity contribution in [2.75, 3.05) is 5.32 Å². The van der Waals surface area contributed by atoms with Gasteiger partial charge in [0.25, 0.3) is 11.5 Å². The Balaban J connectivity index is 2.02. The minimum atomic E-state index is -0.490. The first kappa shape index (κ1) is 17.2. The third-order valence-electron chi connectivity index (χ3n) is 3.73. The van der Waals surface area contributed by atoms with Crippen molar-refractivity contribution in [2.45, 2.75) is 0 Å². The van der Waals surface area contributed by atoms with Gasteiger partial charge in [-0.05, 0) is 24.3 Å². The number of hydrogen-bond donors (Lipinski definition) is 1. The van der Waals surface area contributed by atoms with E-state index in [0.717, 1.165) is 4.57 Å². The third kappa shape index (κ3) is 3.04. The molecule has 7 nitrogen and oxygen atoms in total. The van der Waals surface area contributed by atoms with Crippen LogP contribution in [0.2, 0.25) is 10.0 Å². The molecular weight excluding hydrogens is 367 g/mol. The largest absolute Gasteiger partial charge is 0.332 e. The second-order valence-corrected chi connectivity index (χ2v) is 6.20. The molecule has 0 saturated carbocycles. The van der Waals surface area contributed by atoms with E-state index in [1.807, 2.05) is 0 Å². The van der Waals surface area contributed by atoms with Crippen molar-refractivity contribution in [1.29, 1.82) is 0 Å². The molecule has 0 fully saturated rings. The SMILES string of the molecule is Cn1c(=O)c2cc(NC(=O)c3ccc(Cl)c(Cl)c3)cnc2n(C)c1=O. The van der Waals surface area contributed by atoms with Crippen LogP contribution in [0.4, 0.5) is 5.69 Å². The standard InChI is InChI=1S/C16H12Cl2N4O3/c1-21-13-10(15(24)22(2)16(21)25)6-9(7-19-13)20-14(23)8-3-4-11(17)12(18)5-8/h3-7H,1-2H3,(H,20,23). The zero-order valence-electron chi connectivity index (χ0n) is 13.2. The van der Waals surface area contributed by atoms with Crippen LogP contribution in [-0.4, -0.2) is 20.0 Å². The van der Waals surface area contributed by atoms with E-state index in [1.54, 1.807) is 0 Å². The highest BCUT2D eigenvalue weighted by atomic mass is 35.5. The molecule has 0 aliphatic carbocycles. The minimum absolute atomic E-state index is 0.219. The van der Waals surface area contributed by atoms with E-state index in [4.69, 9.17) is 23.2 Å². The molecule has 0 unspecified atom stereocenters. The second kappa shape index (κ2) is 6.34. The lowest BCUT2D eigenvalue weighted by molar-refractivity contribution is 0.102. The molecule has 3 aromatic rings. The van der Waals surface area contributed by atoms with Crippen LogP contribution in [0.15, 0.2) is 40.1 Å². The highest BCUT2D eigenvalue weighted by Crippen LogP contribution is 2.23. The van der Waals surface area contributed by atoms with E-state index >= 15 is 0 Å². The van der Waals surface area contributed by atoms with Gasteiger partial charge in [0.15, 0.2) is 0 Å². The lowest BCUT2D eigenvalue weighted by Crippen LogP contribution is -2.37. The molecule has 0 bridgehead atoms. The van der Waals surface area contributed by atoms with Crippen LogP contribution in [0, 0.1) is 0 Å². The Morgan fingerprint density at radius 1 is 1.08 bits per heavy atom. The minimum Gasteiger partial charge on any atom is -0.321 e. The highest BCUT2D eigenvalue weighted by molar-refractivity contribution is 6.42. The van der Waals surface area contributed by atoms with Gasteiger partial charge < -0.3 is 5.32 Å². The molecular formula is C16H12Cl2N4O3. The summed E-state index contributed by atoms with van der Waals surface area (Å²) in [5.41, 5.74) is -0.100. The van der Waals surface area contributed by atoms with Crippen LogP contribution in [-0.2, 0) is 14.1 Å². The van der Waals surface area contributed by atoms with Gasteiger partial charge in [-0.2, -0.15) is 0 Å². The molecule has 1 aromatic carbocycles. The Kier molecular flexibility index (Phi) is 4.36. The normalized spacial score (nSPS) is 10.9. The molecule has 3 rings (SSSR count). The molecule has 9 heteroatoms. The number of benzene rings is 1. The lowest BCUT2D eigenvalue weighted by atomic mass is 10.2. The zero-order chi connectivity index (χ0) is 18.3. The molecule has 2 heterocycles. The fourth-order valence-corrected chi connectivity index (χ4v) is 2.67. The summed E-state index contributed by atoms with van der Waals surface area (Å²) in [7, 11) is 2.90. The quantitative estimate of drug-likeness (QED) is 0.740. The number of amides is 1. The van der Waals surface area contributed by atoms with Crippen molar-refractivity contribution < 1.29 is 4.79 Å². The van der Waals surface area contributed by atoms with Crippen molar-refractivity contribution in [2.24, 2.45) is 14.1 Å². The first-order chi connectivity index (χ1) is 11.8. The number of hydrogen-bond acceptors (Lipinski definition) is 4. The van der Waals surface area contributed by atoms with Crippen molar-refractivity contribution in [3.05, 3.63) is 66.9 Å². The average molecular weight is 379 g/mol. The van der Waals surface area contributed by atoms with E-state index in [1.165, 1.54) is 49.1 Å². The molecule has 0 radical (unpaired) electrons. The summed E-state index contributed by atoms with van der Waals surface area (Å²) in [6.45, 7) is 0. The summed E-state index contributed by atoms with van der Waals surface area (Å²) in [5.74, 6) is -0.429.